The maximum Gasteiger partial charge on any atom is 0.333 e. The lowest BCUT2D eigenvalue weighted by Crippen LogP contribution is -2.63. The molecule has 7 nitrogen and oxygen atoms in total. The van der Waals surface area contributed by atoms with Gasteiger partial charge in [-0.05, 0) is 42.9 Å². The second kappa shape index (κ2) is 8.05. The Hall–Kier alpha value is -2.77. The average Bonchev–Trinajstić information content (AvgIpc) is 3.15. The first kappa shape index (κ1) is 21.5. The molecule has 0 N–H and O–H groups in total. The summed E-state index contributed by atoms with van der Waals surface area (Å²) in [6.45, 7) is 1.16. The van der Waals surface area contributed by atoms with Crippen LogP contribution in [0, 0.1) is 0 Å². The van der Waals surface area contributed by atoms with Gasteiger partial charge in [-0.2, -0.15) is 0 Å². The molecule has 0 aliphatic carbocycles. The van der Waals surface area contributed by atoms with Crippen LogP contribution in [0.15, 0.2) is 36.4 Å². The molecule has 1 amide bonds. The van der Waals surface area contributed by atoms with Crippen LogP contribution in [0.1, 0.15) is 27.4 Å². The molecule has 1 fully saturated rings. The lowest BCUT2D eigenvalue weighted by Gasteiger charge is -2.47. The van der Waals surface area contributed by atoms with Crippen molar-refractivity contribution >= 4 is 23.5 Å². The molecule has 2 heterocycles. The molecule has 1 saturated heterocycles. The molecule has 0 saturated carbocycles. The van der Waals surface area contributed by atoms with E-state index in [0.29, 0.717) is 35.2 Å². The molecule has 0 radical (unpaired) electrons. The topological polar surface area (TPSA) is 68.3 Å². The minimum Gasteiger partial charge on any atom is -0.497 e. The van der Waals surface area contributed by atoms with E-state index >= 15 is 0 Å². The number of esters is 1. The van der Waals surface area contributed by atoms with Gasteiger partial charge in [-0.25, -0.2) is 4.79 Å². The van der Waals surface area contributed by atoms with E-state index in [4.69, 9.17) is 25.8 Å². The highest BCUT2D eigenvalue weighted by atomic mass is 35.5. The highest BCUT2D eigenvalue weighted by Gasteiger charge is 2.61. The summed E-state index contributed by atoms with van der Waals surface area (Å²) >= 11 is 6.01. The molecule has 2 aliphatic rings. The third kappa shape index (κ3) is 3.32. The minimum atomic E-state index is -1.16. The van der Waals surface area contributed by atoms with Crippen LogP contribution < -0.4 is 9.47 Å². The number of amides is 1. The Kier molecular flexibility index (Phi) is 5.58. The number of hydrogen-bond acceptors (Lipinski definition) is 6. The number of nitrogens with zero attached hydrogens (tertiary/aromatic N) is 2. The standard InChI is InChI=1S/C23H25ClN2O5/c1-25-12-19-17-9-16(29-2)10-20(30-3)18(17)11-26(23(19,13-25)22(28)31-4)21(27)14-5-7-15(24)8-6-14/h5-10,19H,11-13H2,1-4H3/t19-,23-/m0/s1. The average molecular weight is 445 g/mol. The quantitative estimate of drug-likeness (QED) is 0.675. The summed E-state index contributed by atoms with van der Waals surface area (Å²) in [7, 11) is 6.47. The fourth-order valence-corrected chi connectivity index (χ4v) is 5.02. The van der Waals surface area contributed by atoms with Crippen molar-refractivity contribution in [3.05, 3.63) is 58.1 Å². The molecule has 2 aromatic carbocycles. The summed E-state index contributed by atoms with van der Waals surface area (Å²) < 4.78 is 16.4. The van der Waals surface area contributed by atoms with Crippen LogP contribution in [0.2, 0.25) is 5.02 Å². The van der Waals surface area contributed by atoms with E-state index < -0.39 is 11.5 Å². The van der Waals surface area contributed by atoms with Crippen molar-refractivity contribution in [2.75, 3.05) is 41.5 Å². The van der Waals surface area contributed by atoms with Crippen molar-refractivity contribution in [3.63, 3.8) is 0 Å². The van der Waals surface area contributed by atoms with Gasteiger partial charge in [0, 0.05) is 41.2 Å². The molecule has 8 heteroatoms. The Morgan fingerprint density at radius 2 is 1.81 bits per heavy atom. The van der Waals surface area contributed by atoms with Crippen LogP contribution in [-0.4, -0.2) is 68.7 Å². The molecule has 2 aliphatic heterocycles. The number of carbonyl (C=O) groups excluding carboxylic acids is 2. The van der Waals surface area contributed by atoms with Crippen LogP contribution in [0.5, 0.6) is 11.5 Å². The van der Waals surface area contributed by atoms with Crippen molar-refractivity contribution in [3.8, 4) is 11.5 Å². The number of rotatable bonds is 4. The number of likely N-dealkylation sites (tertiary alicyclic amines) is 1. The van der Waals surface area contributed by atoms with Gasteiger partial charge in [0.05, 0.1) is 27.9 Å². The molecular weight excluding hydrogens is 420 g/mol. The van der Waals surface area contributed by atoms with Gasteiger partial charge in [0.2, 0.25) is 0 Å². The van der Waals surface area contributed by atoms with Crippen LogP contribution in [0.3, 0.4) is 0 Å². The molecule has 0 aromatic heterocycles. The fraction of sp³-hybridized carbons (Fsp3) is 0.391. The summed E-state index contributed by atoms with van der Waals surface area (Å²) in [6.07, 6.45) is 0. The number of benzene rings is 2. The number of methoxy groups -OCH3 is 3. The zero-order valence-corrected chi connectivity index (χ0v) is 18.7. The van der Waals surface area contributed by atoms with Gasteiger partial charge < -0.3 is 24.0 Å². The number of halogens is 1. The predicted octanol–water partition coefficient (Wildman–Crippen LogP) is 2.95. The van der Waals surface area contributed by atoms with Crippen molar-refractivity contribution in [2.24, 2.45) is 0 Å². The predicted molar refractivity (Wildman–Crippen MR) is 116 cm³/mol. The third-order valence-electron chi connectivity index (χ3n) is 6.30. The third-order valence-corrected chi connectivity index (χ3v) is 6.55. The van der Waals surface area contributed by atoms with Crippen LogP contribution >= 0.6 is 11.6 Å². The summed E-state index contributed by atoms with van der Waals surface area (Å²) in [5, 5.41) is 0.537. The second-order valence-electron chi connectivity index (χ2n) is 7.96. The van der Waals surface area contributed by atoms with E-state index in [0.717, 1.165) is 11.1 Å². The van der Waals surface area contributed by atoms with Gasteiger partial charge in [-0.15, -0.1) is 0 Å². The van der Waals surface area contributed by atoms with E-state index in [1.807, 2.05) is 18.0 Å². The number of carbonyl (C=O) groups is 2. The van der Waals surface area contributed by atoms with Crippen molar-refractivity contribution in [2.45, 2.75) is 18.0 Å². The first-order valence-electron chi connectivity index (χ1n) is 9.95. The Bertz CT molecular complexity index is 1030. The van der Waals surface area contributed by atoms with Gasteiger partial charge in [0.1, 0.15) is 11.5 Å². The van der Waals surface area contributed by atoms with Gasteiger partial charge in [-0.3, -0.25) is 4.79 Å². The first-order valence-corrected chi connectivity index (χ1v) is 10.3. The number of ether oxygens (including phenoxy) is 3. The van der Waals surface area contributed by atoms with Crippen LogP contribution in [0.25, 0.3) is 0 Å². The highest BCUT2D eigenvalue weighted by Crippen LogP contribution is 2.50. The molecule has 0 bridgehead atoms. The summed E-state index contributed by atoms with van der Waals surface area (Å²) in [6, 6.07) is 10.4. The van der Waals surface area contributed by atoms with Gasteiger partial charge in [0.15, 0.2) is 5.54 Å². The Balaban J connectivity index is 1.93. The van der Waals surface area contributed by atoms with E-state index in [1.54, 1.807) is 49.5 Å². The van der Waals surface area contributed by atoms with Gasteiger partial charge >= 0.3 is 5.97 Å². The number of hydrogen-bond donors (Lipinski definition) is 0. The summed E-state index contributed by atoms with van der Waals surface area (Å²) in [5.41, 5.74) is 1.10. The lowest BCUT2D eigenvalue weighted by molar-refractivity contribution is -0.155. The van der Waals surface area contributed by atoms with Crippen molar-refractivity contribution < 1.29 is 23.8 Å². The van der Waals surface area contributed by atoms with E-state index in [9.17, 15) is 9.59 Å². The SMILES string of the molecule is COC(=O)[C@]12CN(C)C[C@H]1c1cc(OC)cc(OC)c1CN2C(=O)c1ccc(Cl)cc1. The molecule has 4 rings (SSSR count). The first-order chi connectivity index (χ1) is 14.8. The van der Waals surface area contributed by atoms with Gasteiger partial charge in [-0.1, -0.05) is 11.6 Å². The Morgan fingerprint density at radius 1 is 1.10 bits per heavy atom. The summed E-state index contributed by atoms with van der Waals surface area (Å²) in [4.78, 5) is 30.7. The molecule has 0 spiro atoms. The second-order valence-corrected chi connectivity index (χ2v) is 8.40. The van der Waals surface area contributed by atoms with Gasteiger partial charge in [0.25, 0.3) is 5.91 Å². The number of likely N-dealkylation sites (N-methyl/N-ethyl adjacent to an activating group) is 1. The van der Waals surface area contributed by atoms with Crippen LogP contribution in [-0.2, 0) is 16.1 Å². The smallest absolute Gasteiger partial charge is 0.333 e. The summed E-state index contributed by atoms with van der Waals surface area (Å²) in [5.74, 6) is 0.272. The molecule has 2 atom stereocenters. The molecule has 2 aromatic rings. The van der Waals surface area contributed by atoms with Crippen molar-refractivity contribution in [1.29, 1.82) is 0 Å². The van der Waals surface area contributed by atoms with E-state index in [2.05, 4.69) is 0 Å². The monoisotopic (exact) mass is 444 g/mol. The normalized spacial score (nSPS) is 22.5. The Morgan fingerprint density at radius 3 is 2.42 bits per heavy atom. The molecule has 0 unspecified atom stereocenters. The lowest BCUT2D eigenvalue weighted by atomic mass is 9.74. The zero-order valence-electron chi connectivity index (χ0n) is 18.0. The molecular formula is C23H25ClN2O5. The maximum absolute atomic E-state index is 13.7. The number of fused-ring (bicyclic) bond motifs is 3. The van der Waals surface area contributed by atoms with E-state index in [-0.39, 0.29) is 18.4 Å². The van der Waals surface area contributed by atoms with Crippen molar-refractivity contribution in [1.82, 2.24) is 9.80 Å². The molecule has 31 heavy (non-hydrogen) atoms. The van der Waals surface area contributed by atoms with E-state index in [1.165, 1.54) is 7.11 Å². The van der Waals surface area contributed by atoms with Crippen LogP contribution in [0.4, 0.5) is 0 Å². The largest absolute Gasteiger partial charge is 0.497 e. The zero-order chi connectivity index (χ0) is 22.3. The maximum atomic E-state index is 13.7. The highest BCUT2D eigenvalue weighted by molar-refractivity contribution is 6.30. The Labute approximate surface area is 186 Å². The fourth-order valence-electron chi connectivity index (χ4n) is 4.89. The minimum absolute atomic E-state index is 0.212. The molecule has 164 valence electrons.